The van der Waals surface area contributed by atoms with Crippen LogP contribution in [-0.4, -0.2) is 45.6 Å². The molecule has 0 aliphatic heterocycles. The van der Waals surface area contributed by atoms with Gasteiger partial charge in [0.25, 0.3) is 0 Å². The number of hydrogen-bond donors (Lipinski definition) is 3. The van der Waals surface area contributed by atoms with Crippen LogP contribution in [0.1, 0.15) is 19.7 Å². The molecule has 2 atom stereocenters. The Morgan fingerprint density at radius 2 is 2.20 bits per heavy atom. The minimum Gasteiger partial charge on any atom is -0.394 e. The van der Waals surface area contributed by atoms with Crippen LogP contribution >= 0.6 is 0 Å². The third-order valence-electron chi connectivity index (χ3n) is 1.51. The third kappa shape index (κ3) is 9.40. The van der Waals surface area contributed by atoms with E-state index in [1.165, 1.54) is 0 Å². The summed E-state index contributed by atoms with van der Waals surface area (Å²) in [6.45, 7) is 5.61. The molecular formula is C10H20N2O3. The van der Waals surface area contributed by atoms with Crippen molar-refractivity contribution in [2.24, 2.45) is 0 Å². The second-order valence-electron chi connectivity index (χ2n) is 3.35. The molecule has 15 heavy (non-hydrogen) atoms. The highest BCUT2D eigenvalue weighted by molar-refractivity contribution is 4.80. The first-order valence-electron chi connectivity index (χ1n) is 4.92. The number of H-pyrrole nitrogens is 1. The summed E-state index contributed by atoms with van der Waals surface area (Å²) < 4.78 is 4.95. The van der Waals surface area contributed by atoms with Gasteiger partial charge in [-0.15, -0.1) is 0 Å². The predicted octanol–water partition coefficient (Wildman–Crippen LogP) is 0.483. The van der Waals surface area contributed by atoms with Crippen LogP contribution in [0.15, 0.2) is 12.4 Å². The molecule has 1 heterocycles. The average Bonchev–Trinajstić information content (AvgIpc) is 2.66. The van der Waals surface area contributed by atoms with Crippen LogP contribution in [0.25, 0.3) is 0 Å². The van der Waals surface area contributed by atoms with Crippen molar-refractivity contribution in [1.29, 1.82) is 0 Å². The molecule has 0 radical (unpaired) electrons. The molecule has 0 fully saturated rings. The van der Waals surface area contributed by atoms with Crippen molar-refractivity contribution in [2.75, 3.05) is 13.2 Å². The van der Waals surface area contributed by atoms with Crippen LogP contribution in [0.3, 0.4) is 0 Å². The second kappa shape index (κ2) is 8.40. The number of aryl methyl sites for hydroxylation is 1. The van der Waals surface area contributed by atoms with Crippen LogP contribution < -0.4 is 0 Å². The van der Waals surface area contributed by atoms with Gasteiger partial charge in [0, 0.05) is 12.4 Å². The molecule has 2 unspecified atom stereocenters. The second-order valence-corrected chi connectivity index (χ2v) is 3.35. The van der Waals surface area contributed by atoms with Crippen molar-refractivity contribution in [2.45, 2.75) is 33.0 Å². The highest BCUT2D eigenvalue weighted by Crippen LogP contribution is 1.90. The quantitative estimate of drug-likeness (QED) is 0.684. The van der Waals surface area contributed by atoms with E-state index >= 15 is 0 Å². The van der Waals surface area contributed by atoms with Crippen LogP contribution in [0.5, 0.6) is 0 Å². The molecule has 0 bridgehead atoms. The van der Waals surface area contributed by atoms with Gasteiger partial charge < -0.3 is 19.9 Å². The first-order valence-corrected chi connectivity index (χ1v) is 4.92. The van der Waals surface area contributed by atoms with Crippen LogP contribution in [0, 0.1) is 6.92 Å². The largest absolute Gasteiger partial charge is 0.394 e. The van der Waals surface area contributed by atoms with E-state index in [1.807, 2.05) is 6.92 Å². The fourth-order valence-electron chi connectivity index (χ4n) is 0.700. The van der Waals surface area contributed by atoms with E-state index in [2.05, 4.69) is 9.97 Å². The van der Waals surface area contributed by atoms with Crippen LogP contribution in [0.4, 0.5) is 0 Å². The van der Waals surface area contributed by atoms with Gasteiger partial charge in [0.1, 0.15) is 5.82 Å². The normalized spacial score (nSPS) is 13.9. The lowest BCUT2D eigenvalue weighted by atomic mass is 10.4. The topological polar surface area (TPSA) is 78.4 Å². The van der Waals surface area contributed by atoms with E-state index in [9.17, 15) is 0 Å². The van der Waals surface area contributed by atoms with Crippen molar-refractivity contribution >= 4 is 0 Å². The molecule has 5 nitrogen and oxygen atoms in total. The molecule has 1 aromatic heterocycles. The number of aromatic amines is 1. The van der Waals surface area contributed by atoms with Gasteiger partial charge >= 0.3 is 0 Å². The number of aliphatic hydroxyl groups excluding tert-OH is 2. The summed E-state index contributed by atoms with van der Waals surface area (Å²) in [5.74, 6) is 0.968. The van der Waals surface area contributed by atoms with Gasteiger partial charge in [-0.25, -0.2) is 4.98 Å². The molecule has 0 aliphatic carbocycles. The first-order chi connectivity index (χ1) is 7.06. The Balaban J connectivity index is 0.000000280. The van der Waals surface area contributed by atoms with E-state index in [-0.39, 0.29) is 12.7 Å². The fraction of sp³-hybridized carbons (Fsp3) is 0.700. The summed E-state index contributed by atoms with van der Waals surface area (Å²) in [4.78, 5) is 6.75. The van der Waals surface area contributed by atoms with Gasteiger partial charge in [0.15, 0.2) is 0 Å². The number of ether oxygens (including phenoxy) is 1. The van der Waals surface area contributed by atoms with Crippen molar-refractivity contribution in [3.63, 3.8) is 0 Å². The maximum Gasteiger partial charge on any atom is 0.102 e. The Labute approximate surface area is 90.1 Å². The Morgan fingerprint density at radius 3 is 2.47 bits per heavy atom. The first kappa shape index (κ1) is 14.1. The zero-order valence-corrected chi connectivity index (χ0v) is 9.47. The molecular weight excluding hydrogens is 196 g/mol. The molecule has 0 aromatic carbocycles. The molecule has 1 aromatic rings. The molecule has 0 amide bonds. The number of nitrogens with zero attached hydrogens (tertiary/aromatic N) is 1. The number of aromatic nitrogens is 2. The van der Waals surface area contributed by atoms with Gasteiger partial charge in [-0.1, -0.05) is 0 Å². The van der Waals surface area contributed by atoms with Gasteiger partial charge in [-0.05, 0) is 20.8 Å². The number of aliphatic hydroxyl groups is 2. The van der Waals surface area contributed by atoms with Crippen molar-refractivity contribution in [3.8, 4) is 0 Å². The van der Waals surface area contributed by atoms with E-state index in [0.717, 1.165) is 5.82 Å². The molecule has 0 aliphatic rings. The number of hydrogen-bond acceptors (Lipinski definition) is 4. The van der Waals surface area contributed by atoms with Crippen molar-refractivity contribution in [3.05, 3.63) is 18.2 Å². The molecule has 5 heteroatoms. The van der Waals surface area contributed by atoms with E-state index in [4.69, 9.17) is 14.9 Å². The summed E-state index contributed by atoms with van der Waals surface area (Å²) in [5, 5.41) is 17.1. The highest BCUT2D eigenvalue weighted by Gasteiger charge is 2.00. The highest BCUT2D eigenvalue weighted by atomic mass is 16.5. The van der Waals surface area contributed by atoms with E-state index in [1.54, 1.807) is 26.2 Å². The lowest BCUT2D eigenvalue weighted by Crippen LogP contribution is -2.19. The van der Waals surface area contributed by atoms with Gasteiger partial charge in [0.05, 0.1) is 25.4 Å². The summed E-state index contributed by atoms with van der Waals surface area (Å²) in [7, 11) is 0. The predicted molar refractivity (Wildman–Crippen MR) is 57.5 cm³/mol. The Bertz CT molecular complexity index is 225. The van der Waals surface area contributed by atoms with Crippen molar-refractivity contribution in [1.82, 2.24) is 9.97 Å². The number of nitrogens with one attached hydrogen (secondary N) is 1. The SMILES string of the molecule is CC(O)COC(C)CO.Cc1ncc[nH]1. The van der Waals surface area contributed by atoms with E-state index < -0.39 is 6.10 Å². The Kier molecular flexibility index (Phi) is 7.89. The maximum atomic E-state index is 8.69. The molecule has 0 saturated heterocycles. The molecule has 88 valence electrons. The summed E-state index contributed by atoms with van der Waals surface area (Å²) in [5.41, 5.74) is 0. The Hall–Kier alpha value is -0.910. The summed E-state index contributed by atoms with van der Waals surface area (Å²) in [6.07, 6.45) is 2.92. The van der Waals surface area contributed by atoms with Gasteiger partial charge in [-0.3, -0.25) is 0 Å². The standard InChI is InChI=1S/C6H14O3.C4H6N2/c1-5(8)4-9-6(2)3-7;1-4-5-2-3-6-4/h5-8H,3-4H2,1-2H3;2-3H,1H3,(H,5,6). The van der Waals surface area contributed by atoms with Gasteiger partial charge in [-0.2, -0.15) is 0 Å². The minimum atomic E-state index is -0.445. The number of imidazole rings is 1. The molecule has 0 spiro atoms. The Morgan fingerprint density at radius 1 is 1.53 bits per heavy atom. The van der Waals surface area contributed by atoms with E-state index in [0.29, 0.717) is 6.61 Å². The monoisotopic (exact) mass is 216 g/mol. The lowest BCUT2D eigenvalue weighted by molar-refractivity contribution is -0.0177. The van der Waals surface area contributed by atoms with Crippen LogP contribution in [-0.2, 0) is 4.74 Å². The summed E-state index contributed by atoms with van der Waals surface area (Å²) >= 11 is 0. The maximum absolute atomic E-state index is 8.69. The van der Waals surface area contributed by atoms with Crippen LogP contribution in [0.2, 0.25) is 0 Å². The summed E-state index contributed by atoms with van der Waals surface area (Å²) in [6, 6.07) is 0. The minimum absolute atomic E-state index is 0.00667. The lowest BCUT2D eigenvalue weighted by Gasteiger charge is -2.10. The molecule has 1 rings (SSSR count). The molecule has 3 N–H and O–H groups in total. The molecule has 0 saturated carbocycles. The number of rotatable bonds is 4. The smallest absolute Gasteiger partial charge is 0.102 e. The van der Waals surface area contributed by atoms with Gasteiger partial charge in [0.2, 0.25) is 0 Å². The zero-order chi connectivity index (χ0) is 11.7. The average molecular weight is 216 g/mol. The fourth-order valence-corrected chi connectivity index (χ4v) is 0.700. The third-order valence-corrected chi connectivity index (χ3v) is 1.51. The van der Waals surface area contributed by atoms with Crippen molar-refractivity contribution < 1.29 is 14.9 Å². The zero-order valence-electron chi connectivity index (χ0n) is 9.47.